The van der Waals surface area contributed by atoms with Crippen molar-refractivity contribution in [1.82, 2.24) is 0 Å². The molecule has 0 aliphatic carbocycles. The first kappa shape index (κ1) is 21.1. The van der Waals surface area contributed by atoms with E-state index in [9.17, 15) is 5.11 Å². The highest BCUT2D eigenvalue weighted by Gasteiger charge is 2.31. The third kappa shape index (κ3) is 9.35. The van der Waals surface area contributed by atoms with Gasteiger partial charge in [0.2, 0.25) is 0 Å². The van der Waals surface area contributed by atoms with Gasteiger partial charge in [-0.15, -0.1) is 6.58 Å². The van der Waals surface area contributed by atoms with E-state index in [1.54, 1.807) is 0 Å². The summed E-state index contributed by atoms with van der Waals surface area (Å²) in [6, 6.07) is 9.85. The average molecular weight is 369 g/mol. The third-order valence-corrected chi connectivity index (χ3v) is 4.38. The van der Waals surface area contributed by atoms with Gasteiger partial charge >= 0.3 is 0 Å². The SMILES string of the molecule is C=CCCCCCCC(Cl)(Cl)[C@H](O)C#CCOCc1ccccc1. The lowest BCUT2D eigenvalue weighted by atomic mass is 10.1. The van der Waals surface area contributed by atoms with Crippen molar-refractivity contribution in [2.45, 2.75) is 55.6 Å². The molecular weight excluding hydrogens is 343 g/mol. The molecule has 1 atom stereocenters. The molecule has 0 saturated carbocycles. The smallest absolute Gasteiger partial charge is 0.155 e. The Morgan fingerprint density at radius 1 is 1.17 bits per heavy atom. The van der Waals surface area contributed by atoms with E-state index in [0.717, 1.165) is 37.7 Å². The Kier molecular flexibility index (Phi) is 10.9. The molecule has 1 rings (SSSR count). The van der Waals surface area contributed by atoms with Gasteiger partial charge in [0.25, 0.3) is 0 Å². The van der Waals surface area contributed by atoms with Crippen LogP contribution in [0.2, 0.25) is 0 Å². The number of alkyl halides is 2. The fraction of sp³-hybridized carbons (Fsp3) is 0.500. The van der Waals surface area contributed by atoms with Gasteiger partial charge in [0.05, 0.1) is 6.61 Å². The first-order valence-electron chi connectivity index (χ1n) is 8.33. The molecule has 0 bridgehead atoms. The van der Waals surface area contributed by atoms with Gasteiger partial charge in [0, 0.05) is 0 Å². The topological polar surface area (TPSA) is 29.5 Å². The maximum atomic E-state index is 10.0. The zero-order valence-electron chi connectivity index (χ0n) is 14.0. The van der Waals surface area contributed by atoms with E-state index in [-0.39, 0.29) is 6.61 Å². The summed E-state index contributed by atoms with van der Waals surface area (Å²) in [4.78, 5) is 0. The number of ether oxygens (including phenoxy) is 1. The van der Waals surface area contributed by atoms with Crippen molar-refractivity contribution in [3.05, 3.63) is 48.6 Å². The molecule has 0 amide bonds. The number of hydrogen-bond acceptors (Lipinski definition) is 2. The van der Waals surface area contributed by atoms with E-state index < -0.39 is 10.4 Å². The number of allylic oxidation sites excluding steroid dienone is 1. The standard InChI is InChI=1S/C20H26Cl2O2/c1-2-3-4-5-6-10-15-20(21,22)19(23)14-11-16-24-17-18-12-8-7-9-13-18/h2,7-9,12-13,19,23H,1,3-6,10,15-17H2/t19-/m1/s1. The predicted molar refractivity (Wildman–Crippen MR) is 102 cm³/mol. The number of benzene rings is 1. The molecule has 0 aliphatic heterocycles. The lowest BCUT2D eigenvalue weighted by Gasteiger charge is -2.21. The highest BCUT2D eigenvalue weighted by molar-refractivity contribution is 6.49. The van der Waals surface area contributed by atoms with Gasteiger partial charge in [-0.3, -0.25) is 0 Å². The largest absolute Gasteiger partial charge is 0.377 e. The Hall–Kier alpha value is -0.980. The maximum absolute atomic E-state index is 10.0. The number of halogens is 2. The molecule has 132 valence electrons. The van der Waals surface area contributed by atoms with Crippen LogP contribution < -0.4 is 0 Å². The second-order valence-corrected chi connectivity index (χ2v) is 7.25. The van der Waals surface area contributed by atoms with Crippen LogP contribution in [0.4, 0.5) is 0 Å². The molecule has 2 nitrogen and oxygen atoms in total. The zero-order valence-corrected chi connectivity index (χ0v) is 15.5. The van der Waals surface area contributed by atoms with Crippen LogP contribution >= 0.6 is 23.2 Å². The van der Waals surface area contributed by atoms with Crippen molar-refractivity contribution in [1.29, 1.82) is 0 Å². The quantitative estimate of drug-likeness (QED) is 0.249. The number of hydrogen-bond donors (Lipinski definition) is 1. The van der Waals surface area contributed by atoms with Crippen LogP contribution in [-0.4, -0.2) is 22.2 Å². The van der Waals surface area contributed by atoms with Crippen LogP contribution in [0.1, 0.15) is 44.1 Å². The van der Waals surface area contributed by atoms with E-state index >= 15 is 0 Å². The molecule has 0 saturated heterocycles. The monoisotopic (exact) mass is 368 g/mol. The molecule has 0 spiro atoms. The highest BCUT2D eigenvalue weighted by atomic mass is 35.5. The van der Waals surface area contributed by atoms with Crippen LogP contribution in [0.25, 0.3) is 0 Å². The average Bonchev–Trinajstić information content (AvgIpc) is 2.58. The first-order chi connectivity index (χ1) is 11.6. The summed E-state index contributed by atoms with van der Waals surface area (Å²) in [5.74, 6) is 5.45. The van der Waals surface area contributed by atoms with Gasteiger partial charge in [-0.05, 0) is 24.8 Å². The summed E-state index contributed by atoms with van der Waals surface area (Å²) in [7, 11) is 0. The van der Waals surface area contributed by atoms with E-state index in [2.05, 4.69) is 18.4 Å². The van der Waals surface area contributed by atoms with Crippen molar-refractivity contribution in [3.63, 3.8) is 0 Å². The summed E-state index contributed by atoms with van der Waals surface area (Å²) in [5, 5.41) is 10.0. The number of unbranched alkanes of at least 4 members (excludes halogenated alkanes) is 4. The minimum Gasteiger partial charge on any atom is -0.377 e. The summed E-state index contributed by atoms with van der Waals surface area (Å²) in [6.45, 7) is 4.42. The van der Waals surface area contributed by atoms with Crippen molar-refractivity contribution >= 4 is 23.2 Å². The summed E-state index contributed by atoms with van der Waals surface area (Å²) in [6.07, 6.45) is 6.55. The summed E-state index contributed by atoms with van der Waals surface area (Å²) < 4.78 is 4.21. The number of aliphatic hydroxyl groups is 1. The molecule has 0 radical (unpaired) electrons. The highest BCUT2D eigenvalue weighted by Crippen LogP contribution is 2.31. The molecular formula is C20H26Cl2O2. The molecule has 4 heteroatoms. The Morgan fingerprint density at radius 2 is 1.88 bits per heavy atom. The molecule has 0 unspecified atom stereocenters. The van der Waals surface area contributed by atoms with Crippen LogP contribution in [0, 0.1) is 11.8 Å². The van der Waals surface area contributed by atoms with Gasteiger partial charge in [-0.2, -0.15) is 0 Å². The van der Waals surface area contributed by atoms with Gasteiger partial charge in [0.1, 0.15) is 12.7 Å². The molecule has 0 aliphatic rings. The second kappa shape index (κ2) is 12.4. The van der Waals surface area contributed by atoms with Crippen LogP contribution in [0.5, 0.6) is 0 Å². The molecule has 1 aromatic carbocycles. The lowest BCUT2D eigenvalue weighted by molar-refractivity contribution is 0.152. The molecule has 1 N–H and O–H groups in total. The summed E-state index contributed by atoms with van der Waals surface area (Å²) in [5.41, 5.74) is 1.08. The number of rotatable bonds is 11. The van der Waals surface area contributed by atoms with Crippen molar-refractivity contribution in [2.24, 2.45) is 0 Å². The Balaban J connectivity index is 2.22. The number of aliphatic hydroxyl groups excluding tert-OH is 1. The van der Waals surface area contributed by atoms with E-state index in [1.807, 2.05) is 36.4 Å². The molecule has 0 fully saturated rings. The molecule has 1 aromatic rings. The molecule has 0 heterocycles. The van der Waals surface area contributed by atoms with Gasteiger partial charge in [-0.25, -0.2) is 0 Å². The fourth-order valence-electron chi connectivity index (χ4n) is 2.18. The van der Waals surface area contributed by atoms with Gasteiger partial charge < -0.3 is 9.84 Å². The Bertz CT molecular complexity index is 517. The van der Waals surface area contributed by atoms with Crippen LogP contribution in [0.15, 0.2) is 43.0 Å². The molecule has 24 heavy (non-hydrogen) atoms. The minimum absolute atomic E-state index is 0.233. The zero-order chi connectivity index (χ0) is 17.7. The van der Waals surface area contributed by atoms with Crippen LogP contribution in [0.3, 0.4) is 0 Å². The fourth-order valence-corrected chi connectivity index (χ4v) is 2.55. The first-order valence-corrected chi connectivity index (χ1v) is 9.08. The maximum Gasteiger partial charge on any atom is 0.155 e. The van der Waals surface area contributed by atoms with Crippen LogP contribution in [-0.2, 0) is 11.3 Å². The third-order valence-electron chi connectivity index (χ3n) is 3.59. The normalized spacial score (nSPS) is 12.3. The second-order valence-electron chi connectivity index (χ2n) is 5.70. The predicted octanol–water partition coefficient (Wildman–Crippen LogP) is 5.27. The van der Waals surface area contributed by atoms with E-state index in [4.69, 9.17) is 27.9 Å². The van der Waals surface area contributed by atoms with E-state index in [1.165, 1.54) is 0 Å². The van der Waals surface area contributed by atoms with Gasteiger partial charge in [0.15, 0.2) is 4.33 Å². The van der Waals surface area contributed by atoms with Crippen molar-refractivity contribution < 1.29 is 9.84 Å². The van der Waals surface area contributed by atoms with E-state index in [0.29, 0.717) is 13.0 Å². The molecule has 0 aromatic heterocycles. The minimum atomic E-state index is -1.23. The van der Waals surface area contributed by atoms with Gasteiger partial charge in [-0.1, -0.05) is 90.7 Å². The lowest BCUT2D eigenvalue weighted by Crippen LogP contribution is -2.29. The Morgan fingerprint density at radius 3 is 2.58 bits per heavy atom. The summed E-state index contributed by atoms with van der Waals surface area (Å²) >= 11 is 12.4. The Labute approximate surface area is 155 Å². The van der Waals surface area contributed by atoms with Crippen molar-refractivity contribution in [3.8, 4) is 11.8 Å². The van der Waals surface area contributed by atoms with Crippen molar-refractivity contribution in [2.75, 3.05) is 6.61 Å².